The Labute approximate surface area is 207 Å². The highest BCUT2D eigenvalue weighted by Gasteiger charge is 2.69. The number of carboxylic acids is 1. The van der Waals surface area contributed by atoms with Gasteiger partial charge in [0.05, 0.1) is 5.41 Å². The minimum Gasteiger partial charge on any atom is -0.481 e. The number of aliphatic carboxylic acids is 1. The highest BCUT2D eigenvalue weighted by Crippen LogP contribution is 2.76. The lowest BCUT2D eigenvalue weighted by atomic mass is 9.33. The molecule has 0 bridgehead atoms. The molecule has 3 unspecified atom stereocenters. The summed E-state index contributed by atoms with van der Waals surface area (Å²) in [5.74, 6) is 1.08. The van der Waals surface area contributed by atoms with Gasteiger partial charge in [0.2, 0.25) is 0 Å². The molecule has 190 valence electrons. The van der Waals surface area contributed by atoms with Crippen molar-refractivity contribution in [2.45, 2.75) is 113 Å². The Hall–Kier alpha value is -1.12. The van der Waals surface area contributed by atoms with E-state index < -0.39 is 11.4 Å². The Morgan fingerprint density at radius 2 is 1.62 bits per heavy atom. The summed E-state index contributed by atoms with van der Waals surface area (Å²) >= 11 is 0. The van der Waals surface area contributed by atoms with Crippen LogP contribution in [0.1, 0.15) is 113 Å². The third kappa shape index (κ3) is 2.82. The molecule has 4 fully saturated rings. The third-order valence-corrected chi connectivity index (χ3v) is 13.5. The molecule has 5 rings (SSSR count). The fourth-order valence-corrected chi connectivity index (χ4v) is 10.7. The Morgan fingerprint density at radius 1 is 0.941 bits per heavy atom. The monoisotopic (exact) mass is 468 g/mol. The van der Waals surface area contributed by atoms with Crippen molar-refractivity contribution in [3.8, 4) is 0 Å². The second-order valence-electron chi connectivity index (χ2n) is 15.1. The van der Waals surface area contributed by atoms with Gasteiger partial charge in [-0.15, -0.1) is 0 Å². The fraction of sp³-hybridized carbons (Fsp3) is 0.871. The highest BCUT2D eigenvalue weighted by molar-refractivity contribution is 5.76. The van der Waals surface area contributed by atoms with Crippen LogP contribution in [0.2, 0.25) is 0 Å². The summed E-state index contributed by atoms with van der Waals surface area (Å²) in [6.45, 7) is 16.8. The van der Waals surface area contributed by atoms with E-state index in [4.69, 9.17) is 0 Å². The van der Waals surface area contributed by atoms with Gasteiger partial charge in [-0.25, -0.2) is 0 Å². The molecule has 0 aromatic heterocycles. The van der Waals surface area contributed by atoms with Crippen molar-refractivity contribution >= 4 is 12.3 Å². The molecule has 0 saturated heterocycles. The molecule has 1 N–H and O–H groups in total. The minimum atomic E-state index is -0.568. The molecular formula is C31H48O3. The molecule has 3 nitrogen and oxygen atoms in total. The lowest BCUT2D eigenvalue weighted by molar-refractivity contribution is -0.195. The maximum Gasteiger partial charge on any atom is 0.310 e. The highest BCUT2D eigenvalue weighted by atomic mass is 16.4. The minimum absolute atomic E-state index is 0.0571. The summed E-state index contributed by atoms with van der Waals surface area (Å²) in [7, 11) is 0. The number of allylic oxidation sites excluding steroid dienone is 2. The van der Waals surface area contributed by atoms with Crippen molar-refractivity contribution in [1.29, 1.82) is 0 Å². The molecule has 0 amide bonds. The first-order chi connectivity index (χ1) is 15.7. The van der Waals surface area contributed by atoms with Crippen LogP contribution in [-0.2, 0) is 9.59 Å². The van der Waals surface area contributed by atoms with E-state index in [-0.39, 0.29) is 33.0 Å². The second kappa shape index (κ2) is 7.22. The van der Waals surface area contributed by atoms with Gasteiger partial charge in [-0.2, -0.15) is 0 Å². The molecule has 0 spiro atoms. The SMILES string of the molecule is C[C@H]1CCC2(C)C3CC=C4C5CC(C)(C)CC[C@]5(C(=O)O)CC[C@@]4(C)[C@]3(C)CC[C@H]2[C@@]1(C)C=O. The molecule has 4 saturated carbocycles. The van der Waals surface area contributed by atoms with Crippen LogP contribution < -0.4 is 0 Å². The molecule has 3 heteroatoms. The Balaban J connectivity index is 1.60. The van der Waals surface area contributed by atoms with Crippen LogP contribution >= 0.6 is 0 Å². The summed E-state index contributed by atoms with van der Waals surface area (Å²) in [5, 5.41) is 10.5. The number of rotatable bonds is 2. The quantitative estimate of drug-likeness (QED) is 0.334. The molecule has 34 heavy (non-hydrogen) atoms. The maximum absolute atomic E-state index is 12.8. The predicted octanol–water partition coefficient (Wildman–Crippen LogP) is 7.69. The smallest absolute Gasteiger partial charge is 0.310 e. The Bertz CT molecular complexity index is 933. The largest absolute Gasteiger partial charge is 0.481 e. The van der Waals surface area contributed by atoms with Gasteiger partial charge in [0.15, 0.2) is 0 Å². The van der Waals surface area contributed by atoms with Crippen molar-refractivity contribution in [3.05, 3.63) is 11.6 Å². The zero-order valence-corrected chi connectivity index (χ0v) is 22.8. The zero-order valence-electron chi connectivity index (χ0n) is 22.8. The van der Waals surface area contributed by atoms with Crippen LogP contribution in [-0.4, -0.2) is 17.4 Å². The summed E-state index contributed by atoms with van der Waals surface area (Å²) in [4.78, 5) is 25.2. The van der Waals surface area contributed by atoms with Gasteiger partial charge < -0.3 is 9.90 Å². The van der Waals surface area contributed by atoms with E-state index in [1.165, 1.54) is 18.3 Å². The molecule has 0 radical (unpaired) electrons. The molecule has 5 aliphatic carbocycles. The first kappa shape index (κ1) is 24.6. The zero-order chi connectivity index (χ0) is 24.9. The van der Waals surface area contributed by atoms with Crippen molar-refractivity contribution in [2.75, 3.05) is 0 Å². The summed E-state index contributed by atoms with van der Waals surface area (Å²) in [6, 6.07) is 0. The van der Waals surface area contributed by atoms with Gasteiger partial charge in [-0.05, 0) is 110 Å². The molecule has 0 aliphatic heterocycles. The molecule has 5 aliphatic rings. The van der Waals surface area contributed by atoms with Gasteiger partial charge in [-0.3, -0.25) is 4.79 Å². The lowest BCUT2D eigenvalue weighted by Gasteiger charge is -2.71. The average Bonchev–Trinajstić information content (AvgIpc) is 2.76. The van der Waals surface area contributed by atoms with Crippen LogP contribution in [0.3, 0.4) is 0 Å². The van der Waals surface area contributed by atoms with Gasteiger partial charge in [0, 0.05) is 5.41 Å². The van der Waals surface area contributed by atoms with Crippen LogP contribution in [0.4, 0.5) is 0 Å². The van der Waals surface area contributed by atoms with Crippen LogP contribution in [0, 0.1) is 56.2 Å². The normalized spacial score (nSPS) is 53.9. The number of fused-ring (bicyclic) bond motifs is 7. The lowest BCUT2D eigenvalue weighted by Crippen LogP contribution is -2.64. The summed E-state index contributed by atoms with van der Waals surface area (Å²) in [5.41, 5.74) is 1.31. The number of carbonyl (C=O) groups is 2. The van der Waals surface area contributed by atoms with Crippen molar-refractivity contribution < 1.29 is 14.7 Å². The predicted molar refractivity (Wildman–Crippen MR) is 136 cm³/mol. The molecule has 0 aromatic rings. The van der Waals surface area contributed by atoms with E-state index in [1.54, 1.807) is 0 Å². The fourth-order valence-electron chi connectivity index (χ4n) is 10.7. The van der Waals surface area contributed by atoms with Crippen LogP contribution in [0.25, 0.3) is 0 Å². The van der Waals surface area contributed by atoms with Crippen molar-refractivity contribution in [2.24, 2.45) is 56.2 Å². The maximum atomic E-state index is 12.8. The molecule has 9 atom stereocenters. The number of hydrogen-bond acceptors (Lipinski definition) is 2. The van der Waals surface area contributed by atoms with Crippen LogP contribution in [0.15, 0.2) is 11.6 Å². The van der Waals surface area contributed by atoms with E-state index >= 15 is 0 Å². The number of carbonyl (C=O) groups excluding carboxylic acids is 1. The molecule has 0 aromatic carbocycles. The second-order valence-corrected chi connectivity index (χ2v) is 15.1. The van der Waals surface area contributed by atoms with Gasteiger partial charge in [0.1, 0.15) is 6.29 Å². The van der Waals surface area contributed by atoms with E-state index in [9.17, 15) is 14.7 Å². The van der Waals surface area contributed by atoms with E-state index in [0.717, 1.165) is 57.8 Å². The first-order valence-electron chi connectivity index (χ1n) is 14.1. The Kier molecular flexibility index (Phi) is 5.22. The number of carboxylic acid groups (broad SMARTS) is 1. The molecule has 0 heterocycles. The molecular weight excluding hydrogens is 420 g/mol. The van der Waals surface area contributed by atoms with Gasteiger partial charge >= 0.3 is 5.97 Å². The van der Waals surface area contributed by atoms with E-state index in [2.05, 4.69) is 54.5 Å². The summed E-state index contributed by atoms with van der Waals surface area (Å²) in [6.07, 6.45) is 14.2. The standard InChI is InChI=1S/C31H48O3/c1-20-10-12-27(4)23(28(20,5)19-32)11-13-30(7)24(27)9-8-21-22-18-26(2,3)14-16-31(22,25(33)34)17-15-29(21,30)6/h8,19-20,22-24H,9-18H2,1-7H3,(H,33,34)/t20-,22?,23+,24?,27?,28-,29+,30+,31-/m0/s1. The van der Waals surface area contributed by atoms with E-state index in [1.807, 2.05) is 0 Å². The number of aldehydes is 1. The Morgan fingerprint density at radius 3 is 2.26 bits per heavy atom. The van der Waals surface area contributed by atoms with Gasteiger partial charge in [0.25, 0.3) is 0 Å². The van der Waals surface area contributed by atoms with Crippen molar-refractivity contribution in [3.63, 3.8) is 0 Å². The topological polar surface area (TPSA) is 54.4 Å². The first-order valence-corrected chi connectivity index (χ1v) is 14.1. The van der Waals surface area contributed by atoms with Gasteiger partial charge in [-0.1, -0.05) is 60.1 Å². The van der Waals surface area contributed by atoms with Crippen LogP contribution in [0.5, 0.6) is 0 Å². The van der Waals surface area contributed by atoms with E-state index in [0.29, 0.717) is 17.8 Å². The third-order valence-electron chi connectivity index (χ3n) is 13.5. The van der Waals surface area contributed by atoms with Crippen molar-refractivity contribution in [1.82, 2.24) is 0 Å². The summed E-state index contributed by atoms with van der Waals surface area (Å²) < 4.78 is 0. The number of hydrogen-bond donors (Lipinski definition) is 1. The average molecular weight is 469 g/mol.